The summed E-state index contributed by atoms with van der Waals surface area (Å²) in [4.78, 5) is 0. The quantitative estimate of drug-likeness (QED) is 0.204. The Balaban J connectivity index is 1.67. The Hall–Kier alpha value is -1.58. The van der Waals surface area contributed by atoms with E-state index in [2.05, 4.69) is 0 Å². The van der Waals surface area contributed by atoms with E-state index in [1.807, 2.05) is 0 Å². The molecule has 2 heterocycles. The van der Waals surface area contributed by atoms with Crippen molar-refractivity contribution in [2.75, 3.05) is 13.2 Å². The first-order chi connectivity index (χ1) is 15.1. The normalized spacial score (nSPS) is 40.2. The third kappa shape index (κ3) is 5.31. The Kier molecular flexibility index (Phi) is 8.27. The number of ether oxygens (including phenoxy) is 4. The fourth-order valence-electron chi connectivity index (χ4n) is 3.56. The Morgan fingerprint density at radius 2 is 1.50 bits per heavy atom. The summed E-state index contributed by atoms with van der Waals surface area (Å²) in [6, 6.07) is 4.35. The molecule has 1 aromatic carbocycles. The van der Waals surface area contributed by atoms with Crippen molar-refractivity contribution < 1.29 is 59.8 Å². The van der Waals surface area contributed by atoms with Gasteiger partial charge in [-0.05, 0) is 31.0 Å². The van der Waals surface area contributed by atoms with Gasteiger partial charge in [0.25, 0.3) is 0 Å². The molecule has 32 heavy (non-hydrogen) atoms. The summed E-state index contributed by atoms with van der Waals surface area (Å²) in [6.07, 6.45) is -14.0. The van der Waals surface area contributed by atoms with Gasteiger partial charge < -0.3 is 59.8 Å². The van der Waals surface area contributed by atoms with E-state index in [9.17, 15) is 35.7 Å². The largest absolute Gasteiger partial charge is 0.504 e. The van der Waals surface area contributed by atoms with Gasteiger partial charge in [-0.1, -0.05) is 6.07 Å². The Morgan fingerprint density at radius 3 is 2.19 bits per heavy atom. The predicted molar refractivity (Wildman–Crippen MR) is 105 cm³/mol. The van der Waals surface area contributed by atoms with E-state index in [0.29, 0.717) is 12.0 Å². The molecule has 2 aliphatic rings. The second-order valence-electron chi connectivity index (χ2n) is 7.92. The lowest BCUT2D eigenvalue weighted by molar-refractivity contribution is -0.318. The first kappa shape index (κ1) is 25.1. The Bertz CT molecular complexity index is 747. The van der Waals surface area contributed by atoms with Crippen molar-refractivity contribution in [3.8, 4) is 11.5 Å². The topological polar surface area (TPSA) is 199 Å². The van der Waals surface area contributed by atoms with Gasteiger partial charge in [-0.3, -0.25) is 0 Å². The summed E-state index contributed by atoms with van der Waals surface area (Å²) >= 11 is 0. The molecule has 3 rings (SSSR count). The molecule has 2 saturated heterocycles. The lowest BCUT2D eigenvalue weighted by Gasteiger charge is -2.42. The minimum atomic E-state index is -1.69. The molecule has 0 saturated carbocycles. The van der Waals surface area contributed by atoms with Gasteiger partial charge in [-0.15, -0.1) is 0 Å². The van der Waals surface area contributed by atoms with Crippen LogP contribution < -0.4 is 4.74 Å². The van der Waals surface area contributed by atoms with Crippen LogP contribution in [0.3, 0.4) is 0 Å². The third-order valence-electron chi connectivity index (χ3n) is 5.57. The number of aromatic hydroxyl groups is 1. The molecule has 0 amide bonds. The van der Waals surface area contributed by atoms with Gasteiger partial charge in [0.05, 0.1) is 12.7 Å². The molecule has 8 N–H and O–H groups in total. The molecule has 12 heteroatoms. The fourth-order valence-corrected chi connectivity index (χ4v) is 3.56. The minimum Gasteiger partial charge on any atom is -0.504 e. The number of rotatable bonds is 7. The van der Waals surface area contributed by atoms with Crippen molar-refractivity contribution >= 4 is 0 Å². The van der Waals surface area contributed by atoms with E-state index in [-0.39, 0.29) is 18.1 Å². The molecular formula is C20H30O12. The van der Waals surface area contributed by atoms with Gasteiger partial charge in [0.1, 0.15) is 42.7 Å². The van der Waals surface area contributed by atoms with E-state index in [0.717, 1.165) is 0 Å². The number of phenolic OH excluding ortho intramolecular Hbond substituents is 1. The van der Waals surface area contributed by atoms with Crippen molar-refractivity contribution in [2.45, 2.75) is 74.8 Å². The van der Waals surface area contributed by atoms with Crippen molar-refractivity contribution in [3.63, 3.8) is 0 Å². The maximum absolute atomic E-state index is 10.3. The highest BCUT2D eigenvalue weighted by molar-refractivity contribution is 5.42. The van der Waals surface area contributed by atoms with Crippen LogP contribution in [0.25, 0.3) is 0 Å². The number of benzene rings is 1. The maximum atomic E-state index is 10.3. The van der Waals surface area contributed by atoms with Crippen LogP contribution in [0.5, 0.6) is 11.5 Å². The van der Waals surface area contributed by atoms with Crippen molar-refractivity contribution in [1.82, 2.24) is 0 Å². The van der Waals surface area contributed by atoms with E-state index in [4.69, 9.17) is 24.1 Å². The van der Waals surface area contributed by atoms with Gasteiger partial charge in [-0.2, -0.15) is 0 Å². The average molecular weight is 462 g/mol. The first-order valence-electron chi connectivity index (χ1n) is 10.2. The van der Waals surface area contributed by atoms with Crippen LogP contribution in [0, 0.1) is 0 Å². The summed E-state index contributed by atoms with van der Waals surface area (Å²) < 4.78 is 21.7. The second-order valence-corrected chi connectivity index (χ2v) is 7.92. The van der Waals surface area contributed by atoms with Crippen LogP contribution in [0.2, 0.25) is 0 Å². The van der Waals surface area contributed by atoms with Crippen molar-refractivity contribution in [1.29, 1.82) is 0 Å². The molecule has 2 fully saturated rings. The average Bonchev–Trinajstić information content (AvgIpc) is 2.77. The summed E-state index contributed by atoms with van der Waals surface area (Å²) in [5, 5.41) is 79.5. The van der Waals surface area contributed by atoms with E-state index < -0.39 is 68.0 Å². The molecule has 12 nitrogen and oxygen atoms in total. The lowest BCUT2D eigenvalue weighted by atomic mass is 9.98. The zero-order valence-corrected chi connectivity index (χ0v) is 17.3. The van der Waals surface area contributed by atoms with E-state index in [1.54, 1.807) is 6.07 Å². The fraction of sp³-hybridized carbons (Fsp3) is 0.700. The molecule has 0 spiro atoms. The molecule has 0 aromatic heterocycles. The molecule has 0 unspecified atom stereocenters. The van der Waals surface area contributed by atoms with Crippen molar-refractivity contribution in [3.05, 3.63) is 23.8 Å². The molecule has 2 aliphatic heterocycles. The smallest absolute Gasteiger partial charge is 0.229 e. The van der Waals surface area contributed by atoms with Gasteiger partial charge in [0.2, 0.25) is 6.29 Å². The Morgan fingerprint density at radius 1 is 0.844 bits per heavy atom. The van der Waals surface area contributed by atoms with Crippen molar-refractivity contribution in [2.24, 2.45) is 0 Å². The molecular weight excluding hydrogens is 432 g/mol. The summed E-state index contributed by atoms with van der Waals surface area (Å²) in [7, 11) is 0. The highest BCUT2D eigenvalue weighted by atomic mass is 16.7. The number of phenols is 1. The second kappa shape index (κ2) is 10.6. The van der Waals surface area contributed by atoms with Crippen LogP contribution in [0.4, 0.5) is 0 Å². The molecule has 0 radical (unpaired) electrons. The number of hydrogen-bond acceptors (Lipinski definition) is 12. The zero-order valence-electron chi connectivity index (χ0n) is 17.3. The summed E-state index contributed by atoms with van der Waals surface area (Å²) in [5.74, 6) is -0.337. The van der Waals surface area contributed by atoms with Gasteiger partial charge in [0, 0.05) is 6.61 Å². The standard InChI is InChI=1S/C20H30O12/c1-8-13(23)15(25)17(27)19(30-8)29-7-12-14(24)16(26)18(28)20(32-12)31-11-6-9(4-5-21)2-3-10(11)22/h2-3,6,8,12-28H,4-5,7H2,1H3/t8-,12-,13-,14-,15+,16+,17-,18-,19+,20-/m0/s1. The van der Waals surface area contributed by atoms with E-state index >= 15 is 0 Å². The number of hydrogen-bond donors (Lipinski definition) is 8. The molecule has 182 valence electrons. The third-order valence-corrected chi connectivity index (χ3v) is 5.57. The lowest BCUT2D eigenvalue weighted by Crippen LogP contribution is -2.61. The highest BCUT2D eigenvalue weighted by Crippen LogP contribution is 2.32. The Labute approximate surface area is 183 Å². The zero-order chi connectivity index (χ0) is 23.6. The summed E-state index contributed by atoms with van der Waals surface area (Å²) in [6.45, 7) is 0.915. The molecule has 10 atom stereocenters. The number of aliphatic hydroxyl groups excluding tert-OH is 7. The molecule has 1 aromatic rings. The van der Waals surface area contributed by atoms with Crippen LogP contribution >= 0.6 is 0 Å². The monoisotopic (exact) mass is 462 g/mol. The molecule has 0 aliphatic carbocycles. The van der Waals surface area contributed by atoms with Crippen LogP contribution in [-0.4, -0.2) is 115 Å². The summed E-state index contributed by atoms with van der Waals surface area (Å²) in [5.41, 5.74) is 0.643. The van der Waals surface area contributed by atoms with Gasteiger partial charge in [0.15, 0.2) is 17.8 Å². The van der Waals surface area contributed by atoms with Crippen LogP contribution in [0.1, 0.15) is 12.5 Å². The predicted octanol–water partition coefficient (Wildman–Crippen LogP) is -3.04. The van der Waals surface area contributed by atoms with Gasteiger partial charge in [-0.25, -0.2) is 0 Å². The van der Waals surface area contributed by atoms with Gasteiger partial charge >= 0.3 is 0 Å². The SMILES string of the molecule is C[C@@H]1O[C@@H](OC[C@@H]2O[C@H](Oc3cc(CCO)ccc3O)[C@@H](O)[C@H](O)[C@H]2O)[C@@H](O)[C@H](O)[C@H]1O. The molecule has 0 bridgehead atoms. The van der Waals surface area contributed by atoms with Crippen LogP contribution in [0.15, 0.2) is 18.2 Å². The van der Waals surface area contributed by atoms with E-state index in [1.165, 1.54) is 19.1 Å². The first-order valence-corrected chi connectivity index (χ1v) is 10.2. The minimum absolute atomic E-state index is 0.0692. The highest BCUT2D eigenvalue weighted by Gasteiger charge is 2.47. The van der Waals surface area contributed by atoms with Crippen LogP contribution in [-0.2, 0) is 20.6 Å². The number of aliphatic hydroxyl groups is 7. The maximum Gasteiger partial charge on any atom is 0.229 e.